The number of benzene rings is 2. The highest BCUT2D eigenvalue weighted by atomic mass is 35.5. The predicted molar refractivity (Wildman–Crippen MR) is 206 cm³/mol. The second kappa shape index (κ2) is 18.5. The van der Waals surface area contributed by atoms with Gasteiger partial charge in [-0.15, -0.1) is 0 Å². The largest absolute Gasteiger partial charge is 0.463 e. The Hall–Kier alpha value is -4.32. The summed E-state index contributed by atoms with van der Waals surface area (Å²) >= 11 is 6.12. The number of nitrogens with zero attached hydrogens (tertiary/aromatic N) is 5. The summed E-state index contributed by atoms with van der Waals surface area (Å²) in [6, 6.07) is 9.58. The van der Waals surface area contributed by atoms with E-state index in [0.29, 0.717) is 78.0 Å². The number of likely N-dealkylation sites (N-methyl/N-ethyl adjacent to an activating group) is 1. The molecule has 0 radical (unpaired) electrons. The van der Waals surface area contributed by atoms with Gasteiger partial charge in [0.25, 0.3) is 5.91 Å². The van der Waals surface area contributed by atoms with Crippen LogP contribution in [0.4, 0.5) is 34.1 Å². The number of rotatable bonds is 12. The van der Waals surface area contributed by atoms with Gasteiger partial charge in [0.05, 0.1) is 22.4 Å². The third kappa shape index (κ3) is 10.8. The molecule has 3 saturated heterocycles. The third-order valence-corrected chi connectivity index (χ3v) is 11.5. The second-order valence-corrected chi connectivity index (χ2v) is 15.7. The van der Waals surface area contributed by atoms with Gasteiger partial charge in [0, 0.05) is 76.5 Å². The first-order valence-electron chi connectivity index (χ1n) is 19.4. The molecule has 4 aliphatic heterocycles. The van der Waals surface area contributed by atoms with Crippen molar-refractivity contribution in [2.24, 2.45) is 0 Å². The maximum Gasteiger partial charge on any atom is 0.418 e. The second-order valence-electron chi connectivity index (χ2n) is 15.3. The van der Waals surface area contributed by atoms with E-state index in [2.05, 4.69) is 10.2 Å². The molecule has 0 saturated carbocycles. The number of piperidine rings is 2. The highest BCUT2D eigenvalue weighted by molar-refractivity contribution is 6.33. The number of hydrogen-bond acceptors (Lipinski definition) is 10. The molecule has 312 valence electrons. The van der Waals surface area contributed by atoms with Gasteiger partial charge in [0.2, 0.25) is 0 Å². The molecule has 0 aromatic heterocycles. The number of fused-ring (bicyclic) bond motifs is 1. The molecule has 4 amide bonds. The zero-order valence-electron chi connectivity index (χ0n) is 32.3. The van der Waals surface area contributed by atoms with Gasteiger partial charge in [-0.05, 0) is 75.5 Å². The van der Waals surface area contributed by atoms with Crippen molar-refractivity contribution >= 4 is 47.0 Å². The fraction of sp³-hybridized carbons (Fsp3) is 0.590. The number of hydrogen-bond donors (Lipinski definition) is 2. The molecule has 1 atom stereocenters. The Bertz CT molecular complexity index is 1760. The van der Waals surface area contributed by atoms with Crippen molar-refractivity contribution in [1.82, 2.24) is 24.5 Å². The van der Waals surface area contributed by atoms with Gasteiger partial charge in [-0.25, -0.2) is 14.4 Å². The number of para-hydroxylation sites is 1. The number of anilines is 2. The number of esters is 1. The minimum absolute atomic E-state index is 0.0441. The molecule has 57 heavy (non-hydrogen) atoms. The number of amides is 4. The Morgan fingerprint density at radius 1 is 0.982 bits per heavy atom. The van der Waals surface area contributed by atoms with Crippen molar-refractivity contribution in [3.8, 4) is 0 Å². The predicted octanol–water partition coefficient (Wildman–Crippen LogP) is 4.34. The summed E-state index contributed by atoms with van der Waals surface area (Å²) in [4.78, 5) is 61.8. The quantitative estimate of drug-likeness (QED) is 0.234. The van der Waals surface area contributed by atoms with Crippen LogP contribution >= 0.6 is 11.6 Å². The van der Waals surface area contributed by atoms with Crippen LogP contribution in [0.3, 0.4) is 0 Å². The van der Waals surface area contributed by atoms with Crippen molar-refractivity contribution in [3.05, 3.63) is 58.1 Å². The molecular formula is C39H51ClF3N7O7. The fourth-order valence-electron chi connectivity index (χ4n) is 7.81. The number of carbonyl (C=O) groups excluding carboxylic acids is 4. The lowest BCUT2D eigenvalue weighted by Crippen LogP contribution is -2.59. The van der Waals surface area contributed by atoms with E-state index in [1.165, 1.54) is 11.0 Å². The van der Waals surface area contributed by atoms with Crippen molar-refractivity contribution < 1.29 is 46.6 Å². The molecule has 0 unspecified atom stereocenters. The van der Waals surface area contributed by atoms with E-state index in [1.807, 2.05) is 43.3 Å². The Kier molecular flexibility index (Phi) is 13.7. The van der Waals surface area contributed by atoms with E-state index in [9.17, 15) is 32.3 Å². The summed E-state index contributed by atoms with van der Waals surface area (Å²) < 4.78 is 58.3. The highest BCUT2D eigenvalue weighted by Crippen LogP contribution is 2.38. The monoisotopic (exact) mass is 821 g/mol. The molecule has 2 aromatic rings. The van der Waals surface area contributed by atoms with Gasteiger partial charge in [-0.2, -0.15) is 13.2 Å². The number of likely N-dealkylation sites (tertiary alicyclic amines) is 3. The minimum atomic E-state index is -4.80. The Morgan fingerprint density at radius 3 is 2.33 bits per heavy atom. The average molecular weight is 822 g/mol. The van der Waals surface area contributed by atoms with E-state index in [4.69, 9.17) is 31.5 Å². The topological polar surface area (TPSA) is 150 Å². The first kappa shape index (κ1) is 42.3. The van der Waals surface area contributed by atoms with Crippen LogP contribution < -0.4 is 11.1 Å². The van der Waals surface area contributed by atoms with Crippen LogP contribution in [0.15, 0.2) is 36.4 Å². The lowest BCUT2D eigenvalue weighted by molar-refractivity contribution is -0.157. The lowest BCUT2D eigenvalue weighted by Gasteiger charge is -2.47. The van der Waals surface area contributed by atoms with E-state index < -0.39 is 41.5 Å². The van der Waals surface area contributed by atoms with Crippen molar-refractivity contribution in [1.29, 1.82) is 0 Å². The van der Waals surface area contributed by atoms with Gasteiger partial charge >= 0.3 is 24.3 Å². The maximum absolute atomic E-state index is 14.1. The number of alkyl halides is 3. The van der Waals surface area contributed by atoms with Crippen LogP contribution in [-0.2, 0) is 42.8 Å². The SMILES string of the molecule is CN(C)CCOC(=O)COC1CN(C2CCN(C(=O)[C@@H](Cc3cc(Cl)c(N)c(C(F)(F)F)c3)OC(=O)N3CCC(N4CCc5ccccc5NC4=O)CC3)CC2)C1. The minimum Gasteiger partial charge on any atom is -0.463 e. The van der Waals surface area contributed by atoms with E-state index in [-0.39, 0.29) is 60.9 Å². The first-order chi connectivity index (χ1) is 27.2. The summed E-state index contributed by atoms with van der Waals surface area (Å²) in [6.07, 6.45) is -4.54. The number of halogens is 4. The summed E-state index contributed by atoms with van der Waals surface area (Å²) in [7, 11) is 3.78. The van der Waals surface area contributed by atoms with Gasteiger partial charge in [0.15, 0.2) is 6.10 Å². The average Bonchev–Trinajstić information content (AvgIpc) is 3.32. The van der Waals surface area contributed by atoms with Gasteiger partial charge < -0.3 is 44.9 Å². The van der Waals surface area contributed by atoms with Crippen LogP contribution in [-0.4, -0.2) is 152 Å². The van der Waals surface area contributed by atoms with Crippen molar-refractivity contribution in [3.63, 3.8) is 0 Å². The van der Waals surface area contributed by atoms with Crippen molar-refractivity contribution in [2.45, 2.75) is 69.0 Å². The Labute approximate surface area is 335 Å². The molecule has 3 fully saturated rings. The molecule has 6 rings (SSSR count). The van der Waals surface area contributed by atoms with Crippen LogP contribution in [0.25, 0.3) is 0 Å². The number of nitrogen functional groups attached to an aromatic ring is 1. The maximum atomic E-state index is 14.1. The molecular weight excluding hydrogens is 771 g/mol. The smallest absolute Gasteiger partial charge is 0.418 e. The molecule has 4 aliphatic rings. The number of ether oxygens (including phenoxy) is 3. The summed E-state index contributed by atoms with van der Waals surface area (Å²) in [5.74, 6) is -0.928. The van der Waals surface area contributed by atoms with E-state index in [1.54, 1.807) is 9.80 Å². The molecule has 3 N–H and O–H groups in total. The highest BCUT2D eigenvalue weighted by Gasteiger charge is 2.40. The molecule has 0 bridgehead atoms. The van der Waals surface area contributed by atoms with Gasteiger partial charge in [-0.1, -0.05) is 29.8 Å². The first-order valence-corrected chi connectivity index (χ1v) is 19.7. The van der Waals surface area contributed by atoms with Gasteiger partial charge in [-0.3, -0.25) is 9.69 Å². The normalized spacial score (nSPS) is 19.4. The molecule has 0 spiro atoms. The third-order valence-electron chi connectivity index (χ3n) is 11.1. The van der Waals surface area contributed by atoms with E-state index >= 15 is 0 Å². The Balaban J connectivity index is 1.04. The lowest BCUT2D eigenvalue weighted by atomic mass is 9.97. The van der Waals surface area contributed by atoms with Crippen LogP contribution in [0.5, 0.6) is 0 Å². The number of carbonyl (C=O) groups is 4. The molecule has 2 aromatic carbocycles. The fourth-order valence-corrected chi connectivity index (χ4v) is 8.05. The summed E-state index contributed by atoms with van der Waals surface area (Å²) in [5.41, 5.74) is 5.77. The standard InChI is InChI=1S/C39H51ClF3N7O7/c1-46(2)17-18-55-34(51)24-56-29-22-49(23-29)27-8-12-47(13-9-27)36(52)33(21-25-19-30(39(41,42)43)35(44)31(40)20-25)57-38(54)48-14-10-28(11-15-48)50-16-7-26-5-3-4-6-32(26)45-37(50)53/h3-6,19-20,27-29,33H,7-18,21-24,44H2,1-2H3,(H,45,53)/t33-/m1/s1. The summed E-state index contributed by atoms with van der Waals surface area (Å²) in [6.45, 7) is 3.81. The molecule has 18 heteroatoms. The van der Waals surface area contributed by atoms with E-state index in [0.717, 1.165) is 17.3 Å². The number of urea groups is 1. The van der Waals surface area contributed by atoms with Crippen LogP contribution in [0.1, 0.15) is 42.4 Å². The number of nitrogens with one attached hydrogen (secondary N) is 1. The van der Waals surface area contributed by atoms with Crippen LogP contribution in [0, 0.1) is 0 Å². The zero-order chi connectivity index (χ0) is 40.9. The van der Waals surface area contributed by atoms with Gasteiger partial charge in [0.1, 0.15) is 13.2 Å². The Morgan fingerprint density at radius 2 is 1.65 bits per heavy atom. The summed E-state index contributed by atoms with van der Waals surface area (Å²) in [5, 5.41) is 2.66. The molecule has 0 aliphatic carbocycles. The van der Waals surface area contributed by atoms with Crippen LogP contribution in [0.2, 0.25) is 5.02 Å². The molecule has 4 heterocycles. The molecule has 14 nitrogen and oxygen atoms in total. The number of nitrogens with two attached hydrogens (primary N) is 1. The zero-order valence-corrected chi connectivity index (χ0v) is 33.0. The van der Waals surface area contributed by atoms with Crippen molar-refractivity contribution in [2.75, 3.05) is 90.7 Å².